The van der Waals surface area contributed by atoms with Crippen molar-refractivity contribution in [3.05, 3.63) is 71.0 Å². The Morgan fingerprint density at radius 3 is 2.29 bits per heavy atom. The maximum atomic E-state index is 13.6. The quantitative estimate of drug-likeness (QED) is 0.838. The number of benzene rings is 2. The molecule has 0 aliphatic rings. The lowest BCUT2D eigenvalue weighted by atomic mass is 10.0. The van der Waals surface area contributed by atoms with Gasteiger partial charge >= 0.3 is 12.1 Å². The van der Waals surface area contributed by atoms with Crippen molar-refractivity contribution in [2.24, 2.45) is 0 Å². The van der Waals surface area contributed by atoms with Crippen LogP contribution in [0.5, 0.6) is 0 Å². The van der Waals surface area contributed by atoms with Crippen LogP contribution in [0.1, 0.15) is 27.5 Å². The molecule has 0 saturated carbocycles. The van der Waals surface area contributed by atoms with Gasteiger partial charge in [0, 0.05) is 0 Å². The highest BCUT2D eigenvalue weighted by molar-refractivity contribution is 5.97. The Bertz CT molecular complexity index is 774. The summed E-state index contributed by atoms with van der Waals surface area (Å²) in [6.07, 6.45) is -4.66. The van der Waals surface area contributed by atoms with Gasteiger partial charge in [0.2, 0.25) is 0 Å². The van der Waals surface area contributed by atoms with E-state index < -0.39 is 41.0 Å². The third kappa shape index (κ3) is 3.89. The second-order valence-corrected chi connectivity index (χ2v) is 4.85. The molecule has 0 heterocycles. The summed E-state index contributed by atoms with van der Waals surface area (Å²) in [4.78, 5) is 23.3. The summed E-state index contributed by atoms with van der Waals surface area (Å²) >= 11 is 0. The Morgan fingerprint density at radius 2 is 1.71 bits per heavy atom. The molecule has 0 spiro atoms. The standard InChI is InChI=1S/C16H11F4NO3/c17-12-7-2-1-6-11(12)14(22)21-13(15(23)24)9-4-3-5-10(8-9)16(18,19)20/h1-8,13H,(H,21,22)(H,23,24). The summed E-state index contributed by atoms with van der Waals surface area (Å²) in [5.41, 5.74) is -1.73. The highest BCUT2D eigenvalue weighted by Crippen LogP contribution is 2.31. The average molecular weight is 341 g/mol. The van der Waals surface area contributed by atoms with E-state index in [4.69, 9.17) is 0 Å². The Hall–Kier alpha value is -2.90. The van der Waals surface area contributed by atoms with Crippen LogP contribution >= 0.6 is 0 Å². The van der Waals surface area contributed by atoms with E-state index in [1.54, 1.807) is 0 Å². The number of hydrogen-bond donors (Lipinski definition) is 2. The van der Waals surface area contributed by atoms with Gasteiger partial charge in [-0.15, -0.1) is 0 Å². The minimum Gasteiger partial charge on any atom is -0.479 e. The van der Waals surface area contributed by atoms with E-state index in [9.17, 15) is 32.3 Å². The Morgan fingerprint density at radius 1 is 1.04 bits per heavy atom. The topological polar surface area (TPSA) is 66.4 Å². The Balaban J connectivity index is 2.33. The predicted octanol–water partition coefficient (Wildman–Crippen LogP) is 3.40. The Labute approximate surface area is 133 Å². The summed E-state index contributed by atoms with van der Waals surface area (Å²) in [5.74, 6) is -3.49. The van der Waals surface area contributed by atoms with E-state index in [-0.39, 0.29) is 5.56 Å². The minimum absolute atomic E-state index is 0.276. The maximum absolute atomic E-state index is 13.6. The van der Waals surface area contributed by atoms with E-state index in [2.05, 4.69) is 0 Å². The number of amides is 1. The first kappa shape index (κ1) is 17.5. The minimum atomic E-state index is -4.66. The third-order valence-electron chi connectivity index (χ3n) is 3.19. The smallest absolute Gasteiger partial charge is 0.416 e. The molecule has 0 aromatic heterocycles. The van der Waals surface area contributed by atoms with Gasteiger partial charge in [-0.25, -0.2) is 9.18 Å². The van der Waals surface area contributed by atoms with Crippen LogP contribution in [0.3, 0.4) is 0 Å². The summed E-state index contributed by atoms with van der Waals surface area (Å²) < 4.78 is 51.7. The van der Waals surface area contributed by atoms with Crippen molar-refractivity contribution in [1.82, 2.24) is 5.32 Å². The van der Waals surface area contributed by atoms with Crippen molar-refractivity contribution in [2.45, 2.75) is 12.2 Å². The van der Waals surface area contributed by atoms with Crippen LogP contribution in [-0.2, 0) is 11.0 Å². The lowest BCUT2D eigenvalue weighted by Crippen LogP contribution is -2.34. The zero-order valence-corrected chi connectivity index (χ0v) is 12.0. The first-order valence-electron chi connectivity index (χ1n) is 6.65. The van der Waals surface area contributed by atoms with Gasteiger partial charge < -0.3 is 10.4 Å². The second kappa shape index (κ2) is 6.69. The molecular weight excluding hydrogens is 330 g/mol. The number of carbonyl (C=O) groups is 2. The fraction of sp³-hybridized carbons (Fsp3) is 0.125. The number of aliphatic carboxylic acids is 1. The van der Waals surface area contributed by atoms with Crippen LogP contribution in [-0.4, -0.2) is 17.0 Å². The molecule has 0 saturated heterocycles. The molecule has 0 radical (unpaired) electrons. The molecule has 24 heavy (non-hydrogen) atoms. The fourth-order valence-corrected chi connectivity index (χ4v) is 2.04. The molecule has 4 nitrogen and oxygen atoms in total. The Kier molecular flexibility index (Phi) is 4.87. The van der Waals surface area contributed by atoms with E-state index >= 15 is 0 Å². The summed E-state index contributed by atoms with van der Waals surface area (Å²) in [5, 5.41) is 11.2. The highest BCUT2D eigenvalue weighted by atomic mass is 19.4. The molecule has 1 atom stereocenters. The SMILES string of the molecule is O=C(NC(C(=O)O)c1cccc(C(F)(F)F)c1)c1ccccc1F. The van der Waals surface area contributed by atoms with Gasteiger partial charge in [0.15, 0.2) is 6.04 Å². The highest BCUT2D eigenvalue weighted by Gasteiger charge is 2.32. The molecule has 2 aromatic rings. The van der Waals surface area contributed by atoms with Crippen LogP contribution in [0.25, 0.3) is 0 Å². The van der Waals surface area contributed by atoms with Crippen molar-refractivity contribution in [3.8, 4) is 0 Å². The number of rotatable bonds is 4. The molecule has 0 bridgehead atoms. The first-order chi connectivity index (χ1) is 11.2. The second-order valence-electron chi connectivity index (χ2n) is 4.85. The zero-order valence-electron chi connectivity index (χ0n) is 12.0. The average Bonchev–Trinajstić information content (AvgIpc) is 2.52. The van der Waals surface area contributed by atoms with Gasteiger partial charge in [-0.3, -0.25) is 4.79 Å². The van der Waals surface area contributed by atoms with Crippen molar-refractivity contribution in [1.29, 1.82) is 0 Å². The van der Waals surface area contributed by atoms with Gasteiger partial charge in [-0.05, 0) is 29.8 Å². The summed E-state index contributed by atoms with van der Waals surface area (Å²) in [6, 6.07) is 6.68. The normalized spacial score (nSPS) is 12.5. The molecule has 2 N–H and O–H groups in total. The molecule has 2 aromatic carbocycles. The van der Waals surface area contributed by atoms with Crippen LogP contribution in [0.2, 0.25) is 0 Å². The van der Waals surface area contributed by atoms with Crippen LogP contribution in [0.15, 0.2) is 48.5 Å². The first-order valence-corrected chi connectivity index (χ1v) is 6.65. The molecule has 8 heteroatoms. The summed E-state index contributed by atoms with van der Waals surface area (Å²) in [6.45, 7) is 0. The number of carboxylic acids is 1. The largest absolute Gasteiger partial charge is 0.479 e. The maximum Gasteiger partial charge on any atom is 0.416 e. The van der Waals surface area contributed by atoms with Gasteiger partial charge in [0.25, 0.3) is 5.91 Å². The lowest BCUT2D eigenvalue weighted by Gasteiger charge is -2.17. The number of carboxylic acid groups (broad SMARTS) is 1. The zero-order chi connectivity index (χ0) is 17.9. The number of carbonyl (C=O) groups excluding carboxylic acids is 1. The molecule has 1 unspecified atom stereocenters. The molecule has 1 amide bonds. The molecule has 0 aliphatic carbocycles. The fourth-order valence-electron chi connectivity index (χ4n) is 2.04. The third-order valence-corrected chi connectivity index (χ3v) is 3.19. The number of nitrogens with one attached hydrogen (secondary N) is 1. The van der Waals surface area contributed by atoms with Crippen molar-refractivity contribution in [3.63, 3.8) is 0 Å². The van der Waals surface area contributed by atoms with Crippen molar-refractivity contribution < 1.29 is 32.3 Å². The monoisotopic (exact) mass is 341 g/mol. The van der Waals surface area contributed by atoms with Crippen LogP contribution in [0, 0.1) is 5.82 Å². The molecular formula is C16H11F4NO3. The van der Waals surface area contributed by atoms with Crippen LogP contribution < -0.4 is 5.32 Å². The molecule has 2 rings (SSSR count). The van der Waals surface area contributed by atoms with E-state index in [1.807, 2.05) is 5.32 Å². The van der Waals surface area contributed by atoms with Gasteiger partial charge in [0.05, 0.1) is 11.1 Å². The van der Waals surface area contributed by atoms with Crippen molar-refractivity contribution in [2.75, 3.05) is 0 Å². The molecule has 0 aliphatic heterocycles. The lowest BCUT2D eigenvalue weighted by molar-refractivity contribution is -0.140. The molecule has 0 fully saturated rings. The van der Waals surface area contributed by atoms with E-state index in [0.717, 1.165) is 30.3 Å². The number of alkyl halides is 3. The van der Waals surface area contributed by atoms with E-state index in [0.29, 0.717) is 6.07 Å². The molecule has 126 valence electrons. The number of hydrogen-bond acceptors (Lipinski definition) is 2. The van der Waals surface area contributed by atoms with Crippen molar-refractivity contribution >= 4 is 11.9 Å². The summed E-state index contributed by atoms with van der Waals surface area (Å²) in [7, 11) is 0. The van der Waals surface area contributed by atoms with Crippen LogP contribution in [0.4, 0.5) is 17.6 Å². The van der Waals surface area contributed by atoms with Gasteiger partial charge in [-0.2, -0.15) is 13.2 Å². The van der Waals surface area contributed by atoms with Gasteiger partial charge in [0.1, 0.15) is 5.82 Å². The predicted molar refractivity (Wildman–Crippen MR) is 75.7 cm³/mol. The van der Waals surface area contributed by atoms with E-state index in [1.165, 1.54) is 12.1 Å². The number of halogens is 4. The van der Waals surface area contributed by atoms with Gasteiger partial charge in [-0.1, -0.05) is 24.3 Å².